The maximum absolute atomic E-state index is 10.8. The van der Waals surface area contributed by atoms with Crippen molar-refractivity contribution in [2.45, 2.75) is 23.6 Å². The summed E-state index contributed by atoms with van der Waals surface area (Å²) in [5, 5.41) is 7.21. The number of nitrogens with zero attached hydrogens (tertiary/aromatic N) is 1. The molecule has 21 heavy (non-hydrogen) atoms. The maximum Gasteiger partial charge on any atom is 0.185 e. The van der Waals surface area contributed by atoms with Gasteiger partial charge in [0.2, 0.25) is 0 Å². The van der Waals surface area contributed by atoms with E-state index in [-0.39, 0.29) is 0 Å². The third kappa shape index (κ3) is 2.64. The Morgan fingerprint density at radius 2 is 2.00 bits per heavy atom. The highest BCUT2D eigenvalue weighted by Gasteiger charge is 2.14. The first-order valence-electron chi connectivity index (χ1n) is 6.53. The molecule has 0 saturated heterocycles. The van der Waals surface area contributed by atoms with Crippen LogP contribution in [0.4, 0.5) is 0 Å². The summed E-state index contributed by atoms with van der Waals surface area (Å²) >= 11 is 1.64. The van der Waals surface area contributed by atoms with Gasteiger partial charge in [-0.05, 0) is 32.0 Å². The van der Waals surface area contributed by atoms with Gasteiger partial charge < -0.3 is 4.42 Å². The molecule has 0 radical (unpaired) electrons. The van der Waals surface area contributed by atoms with Crippen molar-refractivity contribution in [2.75, 3.05) is 0 Å². The smallest absolute Gasteiger partial charge is 0.185 e. The molecule has 0 unspecified atom stereocenters. The molecule has 0 bridgehead atoms. The van der Waals surface area contributed by atoms with Crippen LogP contribution in [0.5, 0.6) is 0 Å². The van der Waals surface area contributed by atoms with Crippen molar-refractivity contribution in [1.29, 1.82) is 0 Å². The zero-order valence-corrected chi connectivity index (χ0v) is 12.5. The van der Waals surface area contributed by atoms with Crippen LogP contribution in [0.25, 0.3) is 11.3 Å². The predicted octanol–water partition coefficient (Wildman–Crippen LogP) is 4.25. The minimum Gasteiger partial charge on any atom is -0.453 e. The van der Waals surface area contributed by atoms with Crippen LogP contribution in [0, 0.1) is 13.8 Å². The van der Waals surface area contributed by atoms with E-state index >= 15 is 0 Å². The molecule has 3 rings (SSSR count). The van der Waals surface area contributed by atoms with Gasteiger partial charge in [-0.2, -0.15) is 5.10 Å². The molecule has 0 atom stereocenters. The molecule has 0 spiro atoms. The van der Waals surface area contributed by atoms with Crippen molar-refractivity contribution in [3.8, 4) is 11.3 Å². The summed E-state index contributed by atoms with van der Waals surface area (Å²) in [5.74, 6) is 1.03. The normalized spacial score (nSPS) is 10.8. The van der Waals surface area contributed by atoms with Gasteiger partial charge in [-0.3, -0.25) is 9.89 Å². The number of nitrogens with one attached hydrogen (secondary N) is 1. The van der Waals surface area contributed by atoms with Gasteiger partial charge in [0.15, 0.2) is 12.0 Å². The Morgan fingerprint density at radius 1 is 1.19 bits per heavy atom. The molecule has 0 aliphatic heterocycles. The number of aromatic nitrogens is 2. The molecule has 2 heterocycles. The third-order valence-electron chi connectivity index (χ3n) is 3.17. The van der Waals surface area contributed by atoms with Crippen molar-refractivity contribution in [3.05, 3.63) is 53.5 Å². The number of carbonyl (C=O) groups excluding carboxylic acids is 1. The van der Waals surface area contributed by atoms with Gasteiger partial charge in [0.25, 0.3) is 0 Å². The zero-order valence-electron chi connectivity index (χ0n) is 11.7. The Morgan fingerprint density at radius 3 is 2.67 bits per heavy atom. The predicted molar refractivity (Wildman–Crippen MR) is 81.7 cm³/mol. The van der Waals surface area contributed by atoms with Gasteiger partial charge in [-0.1, -0.05) is 30.0 Å². The highest BCUT2D eigenvalue weighted by Crippen LogP contribution is 2.38. The molecule has 0 saturated carbocycles. The van der Waals surface area contributed by atoms with E-state index in [1.165, 1.54) is 0 Å². The lowest BCUT2D eigenvalue weighted by atomic mass is 10.2. The number of carbonyl (C=O) groups is 1. The SMILES string of the molecule is Cc1n[nH]c(C)c1Sc1ccccc1-c1ccc(C=O)o1. The van der Waals surface area contributed by atoms with E-state index < -0.39 is 0 Å². The van der Waals surface area contributed by atoms with E-state index in [4.69, 9.17) is 4.42 Å². The monoisotopic (exact) mass is 298 g/mol. The summed E-state index contributed by atoms with van der Waals surface area (Å²) in [6, 6.07) is 11.5. The minimum absolute atomic E-state index is 0.334. The fourth-order valence-electron chi connectivity index (χ4n) is 2.12. The summed E-state index contributed by atoms with van der Waals surface area (Å²) in [6.07, 6.45) is 0.712. The molecule has 0 amide bonds. The summed E-state index contributed by atoms with van der Waals surface area (Å²) < 4.78 is 5.53. The topological polar surface area (TPSA) is 58.9 Å². The third-order valence-corrected chi connectivity index (χ3v) is 4.55. The van der Waals surface area contributed by atoms with Crippen LogP contribution < -0.4 is 0 Å². The number of benzene rings is 1. The number of hydrogen-bond donors (Lipinski definition) is 1. The summed E-state index contributed by atoms with van der Waals surface area (Å²) in [7, 11) is 0. The highest BCUT2D eigenvalue weighted by atomic mass is 32.2. The lowest BCUT2D eigenvalue weighted by Gasteiger charge is -2.07. The Bertz CT molecular complexity index is 770. The zero-order chi connectivity index (χ0) is 14.8. The lowest BCUT2D eigenvalue weighted by Crippen LogP contribution is -1.83. The van der Waals surface area contributed by atoms with E-state index in [0.29, 0.717) is 17.8 Å². The average Bonchev–Trinajstić information content (AvgIpc) is 3.10. The van der Waals surface area contributed by atoms with Gasteiger partial charge in [0.05, 0.1) is 10.6 Å². The number of aldehydes is 1. The van der Waals surface area contributed by atoms with Gasteiger partial charge in [-0.25, -0.2) is 0 Å². The van der Waals surface area contributed by atoms with Gasteiger partial charge in [0, 0.05) is 16.2 Å². The van der Waals surface area contributed by atoms with Crippen LogP contribution in [0.2, 0.25) is 0 Å². The first-order chi connectivity index (χ1) is 10.2. The first-order valence-corrected chi connectivity index (χ1v) is 7.34. The van der Waals surface area contributed by atoms with E-state index in [1.54, 1.807) is 17.8 Å². The highest BCUT2D eigenvalue weighted by molar-refractivity contribution is 7.99. The van der Waals surface area contributed by atoms with E-state index in [2.05, 4.69) is 10.2 Å². The molecule has 1 aromatic carbocycles. The van der Waals surface area contributed by atoms with Crippen molar-refractivity contribution in [2.24, 2.45) is 0 Å². The van der Waals surface area contributed by atoms with E-state index in [9.17, 15) is 4.79 Å². The minimum atomic E-state index is 0.334. The Balaban J connectivity index is 2.02. The molecule has 5 heteroatoms. The van der Waals surface area contributed by atoms with Crippen molar-refractivity contribution in [1.82, 2.24) is 10.2 Å². The van der Waals surface area contributed by atoms with Crippen LogP contribution in [-0.4, -0.2) is 16.5 Å². The maximum atomic E-state index is 10.8. The second kappa shape index (κ2) is 5.61. The molecule has 0 aliphatic rings. The van der Waals surface area contributed by atoms with Crippen LogP contribution in [0.3, 0.4) is 0 Å². The number of hydrogen-bond acceptors (Lipinski definition) is 4. The number of furan rings is 1. The second-order valence-electron chi connectivity index (χ2n) is 4.68. The van der Waals surface area contributed by atoms with Crippen LogP contribution >= 0.6 is 11.8 Å². The Kier molecular flexibility index (Phi) is 3.66. The fraction of sp³-hybridized carbons (Fsp3) is 0.125. The Labute approximate surface area is 126 Å². The molecular weight excluding hydrogens is 284 g/mol. The summed E-state index contributed by atoms with van der Waals surface area (Å²) in [4.78, 5) is 13.0. The van der Waals surface area contributed by atoms with Crippen molar-refractivity contribution in [3.63, 3.8) is 0 Å². The van der Waals surface area contributed by atoms with Crippen molar-refractivity contribution < 1.29 is 9.21 Å². The van der Waals surface area contributed by atoms with Crippen LogP contribution in [0.15, 0.2) is 50.6 Å². The molecule has 1 N–H and O–H groups in total. The van der Waals surface area contributed by atoms with Gasteiger partial charge in [0.1, 0.15) is 5.76 Å². The van der Waals surface area contributed by atoms with E-state index in [0.717, 1.165) is 26.7 Å². The standard InChI is InChI=1S/C16H14N2O2S/c1-10-16(11(2)18-17-10)21-15-6-4-3-5-13(15)14-8-7-12(9-19)20-14/h3-9H,1-2H3,(H,17,18). The number of aromatic amines is 1. The van der Waals surface area contributed by atoms with Crippen LogP contribution in [0.1, 0.15) is 21.9 Å². The number of H-pyrrole nitrogens is 1. The van der Waals surface area contributed by atoms with Crippen LogP contribution in [-0.2, 0) is 0 Å². The molecule has 106 valence electrons. The quantitative estimate of drug-likeness (QED) is 0.731. The molecule has 0 fully saturated rings. The number of aryl methyl sites for hydroxylation is 2. The summed E-state index contributed by atoms with van der Waals surface area (Å²) in [6.45, 7) is 3.98. The molecule has 2 aromatic heterocycles. The molecule has 4 nitrogen and oxygen atoms in total. The first kappa shape index (κ1) is 13.7. The Hall–Kier alpha value is -2.27. The molecule has 0 aliphatic carbocycles. The van der Waals surface area contributed by atoms with Gasteiger partial charge in [-0.15, -0.1) is 0 Å². The van der Waals surface area contributed by atoms with E-state index in [1.807, 2.05) is 44.2 Å². The second-order valence-corrected chi connectivity index (χ2v) is 5.73. The largest absolute Gasteiger partial charge is 0.453 e. The summed E-state index contributed by atoms with van der Waals surface area (Å²) in [5.41, 5.74) is 2.98. The lowest BCUT2D eigenvalue weighted by molar-refractivity contribution is 0.110. The molecule has 3 aromatic rings. The van der Waals surface area contributed by atoms with Crippen molar-refractivity contribution >= 4 is 18.0 Å². The fourth-order valence-corrected chi connectivity index (χ4v) is 3.16. The number of rotatable bonds is 4. The average molecular weight is 298 g/mol. The van der Waals surface area contributed by atoms with Gasteiger partial charge >= 0.3 is 0 Å². The molecular formula is C16H14N2O2S.